The van der Waals surface area contributed by atoms with E-state index in [0.717, 1.165) is 62.4 Å². The maximum absolute atomic E-state index is 10.4. The highest BCUT2D eigenvalue weighted by Gasteiger charge is 2.31. The summed E-state index contributed by atoms with van der Waals surface area (Å²) in [6, 6.07) is 22.9. The van der Waals surface area contributed by atoms with Crippen LogP contribution in [-0.4, -0.2) is 66.4 Å². The number of likely N-dealkylation sites (tertiary alicyclic amines) is 1. The molecule has 192 valence electrons. The van der Waals surface area contributed by atoms with Gasteiger partial charge in [-0.1, -0.05) is 42.5 Å². The Morgan fingerprint density at radius 2 is 1.78 bits per heavy atom. The minimum Gasteiger partial charge on any atom is -0.507 e. The lowest BCUT2D eigenvalue weighted by Gasteiger charge is -2.41. The standard InChI is InChI=1S/C30H39N3O3/c1-35-20-19-33(22-26-11-6-7-16-31-26)28(21-24-9-4-3-5-10-24)25-14-17-32(18-15-25)23-27-29(34)12-8-13-30(27)36-2/h3-13,16,25,28,34H,14-15,17-23H2,1-2H3/t28-/m1/s1. The first-order chi connectivity index (χ1) is 17.7. The van der Waals surface area contributed by atoms with Crippen molar-refractivity contribution in [3.8, 4) is 11.5 Å². The highest BCUT2D eigenvalue weighted by Crippen LogP contribution is 2.32. The van der Waals surface area contributed by atoms with Gasteiger partial charge in [0.2, 0.25) is 0 Å². The van der Waals surface area contributed by atoms with Crippen LogP contribution in [0.15, 0.2) is 72.9 Å². The molecule has 0 unspecified atom stereocenters. The molecule has 3 aromatic rings. The van der Waals surface area contributed by atoms with Crippen molar-refractivity contribution in [2.45, 2.75) is 38.4 Å². The molecule has 6 nitrogen and oxygen atoms in total. The summed E-state index contributed by atoms with van der Waals surface area (Å²) in [5.41, 5.74) is 3.33. The van der Waals surface area contributed by atoms with Gasteiger partial charge in [-0.15, -0.1) is 0 Å². The number of phenols is 1. The van der Waals surface area contributed by atoms with Crippen molar-refractivity contribution in [2.75, 3.05) is 40.5 Å². The number of pyridine rings is 1. The number of aromatic hydroxyl groups is 1. The second kappa shape index (κ2) is 13.4. The van der Waals surface area contributed by atoms with Crippen LogP contribution < -0.4 is 4.74 Å². The Morgan fingerprint density at radius 3 is 2.47 bits per heavy atom. The normalized spacial score (nSPS) is 15.8. The number of hydrogen-bond acceptors (Lipinski definition) is 6. The van der Waals surface area contributed by atoms with Crippen LogP contribution in [0.3, 0.4) is 0 Å². The topological polar surface area (TPSA) is 58.1 Å². The first-order valence-corrected chi connectivity index (χ1v) is 12.9. The molecule has 0 spiro atoms. The summed E-state index contributed by atoms with van der Waals surface area (Å²) in [5.74, 6) is 1.62. The van der Waals surface area contributed by atoms with Crippen molar-refractivity contribution in [1.82, 2.24) is 14.8 Å². The van der Waals surface area contributed by atoms with Crippen LogP contribution in [-0.2, 0) is 24.2 Å². The van der Waals surface area contributed by atoms with E-state index in [1.807, 2.05) is 24.4 Å². The molecule has 0 amide bonds. The Balaban J connectivity index is 1.49. The molecule has 1 aliphatic rings. The third-order valence-electron chi connectivity index (χ3n) is 7.32. The molecule has 1 aromatic heterocycles. The lowest BCUT2D eigenvalue weighted by Crippen LogP contribution is -2.47. The fourth-order valence-corrected chi connectivity index (χ4v) is 5.34. The predicted molar refractivity (Wildman–Crippen MR) is 143 cm³/mol. The van der Waals surface area contributed by atoms with Crippen LogP contribution >= 0.6 is 0 Å². The largest absolute Gasteiger partial charge is 0.507 e. The monoisotopic (exact) mass is 489 g/mol. The van der Waals surface area contributed by atoms with E-state index < -0.39 is 0 Å². The summed E-state index contributed by atoms with van der Waals surface area (Å²) in [6.45, 7) is 5.08. The van der Waals surface area contributed by atoms with Crippen molar-refractivity contribution < 1.29 is 14.6 Å². The summed E-state index contributed by atoms with van der Waals surface area (Å²) in [7, 11) is 3.44. The third kappa shape index (κ3) is 7.06. The molecule has 0 bridgehead atoms. The zero-order chi connectivity index (χ0) is 25.2. The maximum Gasteiger partial charge on any atom is 0.127 e. The first-order valence-electron chi connectivity index (χ1n) is 12.9. The molecule has 1 saturated heterocycles. The van der Waals surface area contributed by atoms with Crippen LogP contribution in [0.25, 0.3) is 0 Å². The van der Waals surface area contributed by atoms with Crippen LogP contribution in [0.2, 0.25) is 0 Å². The van der Waals surface area contributed by atoms with E-state index in [-0.39, 0.29) is 0 Å². The molecule has 1 aliphatic heterocycles. The van der Waals surface area contributed by atoms with Gasteiger partial charge in [-0.25, -0.2) is 0 Å². The van der Waals surface area contributed by atoms with Gasteiger partial charge < -0.3 is 14.6 Å². The molecule has 36 heavy (non-hydrogen) atoms. The van der Waals surface area contributed by atoms with Gasteiger partial charge in [-0.2, -0.15) is 0 Å². The van der Waals surface area contributed by atoms with Gasteiger partial charge in [0, 0.05) is 44.5 Å². The fourth-order valence-electron chi connectivity index (χ4n) is 5.34. The molecule has 4 rings (SSSR count). The van der Waals surface area contributed by atoms with Gasteiger partial charge >= 0.3 is 0 Å². The second-order valence-electron chi connectivity index (χ2n) is 9.61. The predicted octanol–water partition coefficient (Wildman–Crippen LogP) is 4.77. The molecule has 1 N–H and O–H groups in total. The molecule has 2 heterocycles. The van der Waals surface area contributed by atoms with Crippen LogP contribution in [0.4, 0.5) is 0 Å². The smallest absolute Gasteiger partial charge is 0.127 e. The average molecular weight is 490 g/mol. The minimum absolute atomic E-state index is 0.305. The molecule has 6 heteroatoms. The Morgan fingerprint density at radius 1 is 1.00 bits per heavy atom. The number of phenolic OH excluding ortho intramolecular Hbond substituents is 1. The van der Waals surface area contributed by atoms with Gasteiger partial charge in [0.15, 0.2) is 0 Å². The first kappa shape index (κ1) is 26.1. The summed E-state index contributed by atoms with van der Waals surface area (Å²) in [4.78, 5) is 9.63. The van der Waals surface area contributed by atoms with Crippen molar-refractivity contribution >= 4 is 0 Å². The molecule has 2 aromatic carbocycles. The fraction of sp³-hybridized carbons (Fsp3) is 0.433. The number of hydrogen-bond donors (Lipinski definition) is 1. The van der Waals surface area contributed by atoms with Crippen molar-refractivity contribution in [2.24, 2.45) is 5.92 Å². The molecule has 1 atom stereocenters. The number of benzene rings is 2. The summed E-state index contributed by atoms with van der Waals surface area (Å²) in [6.07, 6.45) is 5.11. The van der Waals surface area contributed by atoms with E-state index in [9.17, 15) is 5.11 Å². The molecule has 0 saturated carbocycles. The number of methoxy groups -OCH3 is 2. The zero-order valence-electron chi connectivity index (χ0n) is 21.6. The van der Waals surface area contributed by atoms with Gasteiger partial charge in [0.1, 0.15) is 11.5 Å². The number of piperidine rings is 1. The number of rotatable bonds is 12. The second-order valence-corrected chi connectivity index (χ2v) is 9.61. The van der Waals surface area contributed by atoms with Crippen molar-refractivity contribution in [3.63, 3.8) is 0 Å². The Bertz CT molecular complexity index is 1040. The van der Waals surface area contributed by atoms with Gasteiger partial charge in [-0.3, -0.25) is 14.8 Å². The maximum atomic E-state index is 10.4. The number of aromatic nitrogens is 1. The van der Waals surface area contributed by atoms with Gasteiger partial charge in [0.05, 0.1) is 19.4 Å². The third-order valence-corrected chi connectivity index (χ3v) is 7.32. The molecule has 0 radical (unpaired) electrons. The Kier molecular flexibility index (Phi) is 9.73. The number of ether oxygens (including phenoxy) is 2. The van der Waals surface area contributed by atoms with Gasteiger partial charge in [0.25, 0.3) is 0 Å². The Labute approximate surface area is 215 Å². The molecule has 1 fully saturated rings. The lowest BCUT2D eigenvalue weighted by molar-refractivity contribution is 0.0561. The van der Waals surface area contributed by atoms with E-state index in [4.69, 9.17) is 9.47 Å². The SMILES string of the molecule is COCCN(Cc1ccccn1)[C@H](Cc1ccccc1)C1CCN(Cc2c(O)cccc2OC)CC1. The van der Waals surface area contributed by atoms with Crippen molar-refractivity contribution in [3.05, 3.63) is 89.7 Å². The summed E-state index contributed by atoms with van der Waals surface area (Å²) < 4.78 is 11.0. The highest BCUT2D eigenvalue weighted by molar-refractivity contribution is 5.43. The van der Waals surface area contributed by atoms with E-state index in [0.29, 0.717) is 30.9 Å². The average Bonchev–Trinajstić information content (AvgIpc) is 2.92. The molecule has 0 aliphatic carbocycles. The number of nitrogens with zero attached hydrogens (tertiary/aromatic N) is 3. The van der Waals surface area contributed by atoms with E-state index in [1.54, 1.807) is 20.3 Å². The summed E-state index contributed by atoms with van der Waals surface area (Å²) >= 11 is 0. The van der Waals surface area contributed by atoms with Crippen molar-refractivity contribution in [1.29, 1.82) is 0 Å². The molecular formula is C30H39N3O3. The zero-order valence-corrected chi connectivity index (χ0v) is 21.6. The molecular weight excluding hydrogens is 450 g/mol. The minimum atomic E-state index is 0.305. The Hall–Kier alpha value is -2.93. The van der Waals surface area contributed by atoms with E-state index in [1.165, 1.54) is 5.56 Å². The summed E-state index contributed by atoms with van der Waals surface area (Å²) in [5, 5.41) is 10.4. The lowest BCUT2D eigenvalue weighted by atomic mass is 9.84. The quantitative estimate of drug-likeness (QED) is 0.396. The van der Waals surface area contributed by atoms with Crippen LogP contribution in [0.1, 0.15) is 29.7 Å². The van der Waals surface area contributed by atoms with E-state index >= 15 is 0 Å². The van der Waals surface area contributed by atoms with E-state index in [2.05, 4.69) is 57.2 Å². The van der Waals surface area contributed by atoms with Gasteiger partial charge in [-0.05, 0) is 68.1 Å². The van der Waals surface area contributed by atoms with Crippen LogP contribution in [0, 0.1) is 5.92 Å². The highest BCUT2D eigenvalue weighted by atomic mass is 16.5. The van der Waals surface area contributed by atoms with Crippen LogP contribution in [0.5, 0.6) is 11.5 Å².